The molecule has 0 aliphatic carbocycles. The summed E-state index contributed by atoms with van der Waals surface area (Å²) in [7, 11) is 1.70. The van der Waals surface area contributed by atoms with Gasteiger partial charge in [0.05, 0.1) is 0 Å². The highest BCUT2D eigenvalue weighted by atomic mass is 19.4. The van der Waals surface area contributed by atoms with Crippen LogP contribution in [0.15, 0.2) is 0 Å². The fraction of sp³-hybridized carbons (Fsp3) is 1.00. The zero-order valence-electron chi connectivity index (χ0n) is 6.91. The maximum Gasteiger partial charge on any atom is 0.403 e. The predicted molar refractivity (Wildman–Crippen MR) is 39.9 cm³/mol. The molecule has 1 aliphatic rings. The maximum atomic E-state index is 12.2. The molecule has 1 fully saturated rings. The Bertz CT molecular complexity index is 146. The SMILES string of the molecule is CNC1CCN[C@H](C(F)(F)F)C1. The number of rotatable bonds is 1. The molecule has 1 aliphatic heterocycles. The fourth-order valence-corrected chi connectivity index (χ4v) is 1.43. The second-order valence-electron chi connectivity index (χ2n) is 3.06. The Kier molecular flexibility index (Phi) is 2.95. The molecule has 0 spiro atoms. The maximum absolute atomic E-state index is 12.2. The van der Waals surface area contributed by atoms with Gasteiger partial charge >= 0.3 is 6.18 Å². The van der Waals surface area contributed by atoms with Gasteiger partial charge in [0.2, 0.25) is 0 Å². The third kappa shape index (κ3) is 2.35. The van der Waals surface area contributed by atoms with E-state index in [2.05, 4.69) is 10.6 Å². The van der Waals surface area contributed by atoms with Gasteiger partial charge in [-0.25, -0.2) is 0 Å². The van der Waals surface area contributed by atoms with E-state index in [1.54, 1.807) is 7.05 Å². The van der Waals surface area contributed by atoms with Crippen LogP contribution in [0.4, 0.5) is 13.2 Å². The Morgan fingerprint density at radius 3 is 2.58 bits per heavy atom. The topological polar surface area (TPSA) is 24.1 Å². The van der Waals surface area contributed by atoms with Crippen LogP contribution in [0, 0.1) is 0 Å². The second kappa shape index (κ2) is 3.62. The number of hydrogen-bond acceptors (Lipinski definition) is 2. The minimum atomic E-state index is -4.10. The minimum Gasteiger partial charge on any atom is -0.317 e. The molecular formula is C7H13F3N2. The van der Waals surface area contributed by atoms with E-state index in [0.717, 1.165) is 6.42 Å². The van der Waals surface area contributed by atoms with E-state index in [4.69, 9.17) is 0 Å². The molecule has 0 aromatic carbocycles. The molecule has 0 bridgehead atoms. The van der Waals surface area contributed by atoms with Gasteiger partial charge in [-0.1, -0.05) is 0 Å². The number of nitrogens with one attached hydrogen (secondary N) is 2. The number of piperidine rings is 1. The molecular weight excluding hydrogens is 169 g/mol. The molecule has 1 unspecified atom stereocenters. The molecule has 2 nitrogen and oxygen atoms in total. The highest BCUT2D eigenvalue weighted by Gasteiger charge is 2.41. The quantitative estimate of drug-likeness (QED) is 0.629. The largest absolute Gasteiger partial charge is 0.403 e. The highest BCUT2D eigenvalue weighted by molar-refractivity contribution is 4.85. The third-order valence-electron chi connectivity index (χ3n) is 2.21. The van der Waals surface area contributed by atoms with Crippen LogP contribution >= 0.6 is 0 Å². The molecule has 0 saturated carbocycles. The number of alkyl halides is 3. The normalized spacial score (nSPS) is 32.0. The van der Waals surface area contributed by atoms with Crippen molar-refractivity contribution in [3.63, 3.8) is 0 Å². The standard InChI is InChI=1S/C7H13F3N2/c1-11-5-2-3-12-6(4-5)7(8,9)10/h5-6,11-12H,2-4H2,1H3/t5?,6-/m0/s1. The van der Waals surface area contributed by atoms with E-state index in [0.29, 0.717) is 6.54 Å². The van der Waals surface area contributed by atoms with Gasteiger partial charge in [0.15, 0.2) is 0 Å². The smallest absolute Gasteiger partial charge is 0.317 e. The van der Waals surface area contributed by atoms with Crippen molar-refractivity contribution in [1.29, 1.82) is 0 Å². The third-order valence-corrected chi connectivity index (χ3v) is 2.21. The molecule has 1 rings (SSSR count). The van der Waals surface area contributed by atoms with Crippen molar-refractivity contribution < 1.29 is 13.2 Å². The fourth-order valence-electron chi connectivity index (χ4n) is 1.43. The van der Waals surface area contributed by atoms with Gasteiger partial charge in [0, 0.05) is 6.04 Å². The van der Waals surface area contributed by atoms with E-state index in [9.17, 15) is 13.2 Å². The summed E-state index contributed by atoms with van der Waals surface area (Å²) < 4.78 is 36.5. The van der Waals surface area contributed by atoms with Crippen molar-refractivity contribution in [3.05, 3.63) is 0 Å². The summed E-state index contributed by atoms with van der Waals surface area (Å²) in [5.41, 5.74) is 0. The van der Waals surface area contributed by atoms with Gasteiger partial charge in [-0.2, -0.15) is 13.2 Å². The first kappa shape index (κ1) is 9.80. The summed E-state index contributed by atoms with van der Waals surface area (Å²) in [6.45, 7) is 0.440. The van der Waals surface area contributed by atoms with Gasteiger partial charge in [-0.15, -0.1) is 0 Å². The van der Waals surface area contributed by atoms with E-state index in [1.807, 2.05) is 0 Å². The van der Waals surface area contributed by atoms with Gasteiger partial charge < -0.3 is 10.6 Å². The Morgan fingerprint density at radius 2 is 2.08 bits per heavy atom. The molecule has 0 aromatic heterocycles. The summed E-state index contributed by atoms with van der Waals surface area (Å²) in [5.74, 6) is 0. The Balaban J connectivity index is 2.46. The zero-order chi connectivity index (χ0) is 9.19. The lowest BCUT2D eigenvalue weighted by Crippen LogP contribution is -2.51. The van der Waals surface area contributed by atoms with Crippen LogP contribution in [0.3, 0.4) is 0 Å². The van der Waals surface area contributed by atoms with Gasteiger partial charge in [0.1, 0.15) is 6.04 Å². The van der Waals surface area contributed by atoms with Crippen molar-refractivity contribution in [2.45, 2.75) is 31.1 Å². The summed E-state index contributed by atoms with van der Waals surface area (Å²) >= 11 is 0. The number of hydrogen-bond donors (Lipinski definition) is 2. The lowest BCUT2D eigenvalue weighted by molar-refractivity contribution is -0.161. The monoisotopic (exact) mass is 182 g/mol. The van der Waals surface area contributed by atoms with Crippen LogP contribution in [0.5, 0.6) is 0 Å². The van der Waals surface area contributed by atoms with Crippen molar-refractivity contribution in [3.8, 4) is 0 Å². The van der Waals surface area contributed by atoms with Crippen LogP contribution in [-0.4, -0.2) is 31.9 Å². The van der Waals surface area contributed by atoms with E-state index >= 15 is 0 Å². The lowest BCUT2D eigenvalue weighted by atomic mass is 9.99. The minimum absolute atomic E-state index is 0.00197. The van der Waals surface area contributed by atoms with Crippen LogP contribution in [0.2, 0.25) is 0 Å². The van der Waals surface area contributed by atoms with Gasteiger partial charge in [-0.3, -0.25) is 0 Å². The molecule has 2 N–H and O–H groups in total. The molecule has 0 amide bonds. The molecule has 2 atom stereocenters. The first-order valence-electron chi connectivity index (χ1n) is 4.01. The number of halogens is 3. The van der Waals surface area contributed by atoms with Crippen LogP contribution in [0.1, 0.15) is 12.8 Å². The molecule has 1 saturated heterocycles. The van der Waals surface area contributed by atoms with Crippen LogP contribution < -0.4 is 10.6 Å². The Labute approximate surface area is 69.5 Å². The van der Waals surface area contributed by atoms with E-state index in [1.165, 1.54) is 0 Å². The van der Waals surface area contributed by atoms with Crippen molar-refractivity contribution in [1.82, 2.24) is 10.6 Å². The molecule has 1 heterocycles. The highest BCUT2D eigenvalue weighted by Crippen LogP contribution is 2.25. The van der Waals surface area contributed by atoms with Crippen LogP contribution in [0.25, 0.3) is 0 Å². The van der Waals surface area contributed by atoms with Gasteiger partial charge in [-0.05, 0) is 26.4 Å². The predicted octanol–water partition coefficient (Wildman–Crippen LogP) is 0.889. The summed E-state index contributed by atoms with van der Waals surface area (Å²) in [4.78, 5) is 0. The van der Waals surface area contributed by atoms with Crippen LogP contribution in [-0.2, 0) is 0 Å². The molecule has 0 aromatic rings. The average Bonchev–Trinajstić information content (AvgIpc) is 2.03. The summed E-state index contributed by atoms with van der Waals surface area (Å²) in [6, 6.07) is -1.33. The zero-order valence-corrected chi connectivity index (χ0v) is 6.91. The Hall–Kier alpha value is -0.290. The van der Waals surface area contributed by atoms with Crippen molar-refractivity contribution in [2.75, 3.05) is 13.6 Å². The second-order valence-corrected chi connectivity index (χ2v) is 3.06. The van der Waals surface area contributed by atoms with E-state index < -0.39 is 12.2 Å². The summed E-state index contributed by atoms with van der Waals surface area (Å²) in [6.07, 6.45) is -3.20. The van der Waals surface area contributed by atoms with Crippen molar-refractivity contribution >= 4 is 0 Å². The Morgan fingerprint density at radius 1 is 1.42 bits per heavy atom. The lowest BCUT2D eigenvalue weighted by Gasteiger charge is -2.31. The summed E-state index contributed by atoms with van der Waals surface area (Å²) in [5, 5.41) is 5.32. The molecule has 72 valence electrons. The average molecular weight is 182 g/mol. The van der Waals surface area contributed by atoms with Gasteiger partial charge in [0.25, 0.3) is 0 Å². The first-order valence-corrected chi connectivity index (χ1v) is 4.01. The molecule has 0 radical (unpaired) electrons. The first-order chi connectivity index (χ1) is 5.54. The molecule has 5 heteroatoms. The van der Waals surface area contributed by atoms with Crippen molar-refractivity contribution in [2.24, 2.45) is 0 Å². The van der Waals surface area contributed by atoms with E-state index in [-0.39, 0.29) is 12.5 Å². The molecule has 12 heavy (non-hydrogen) atoms.